The summed E-state index contributed by atoms with van der Waals surface area (Å²) in [6.45, 7) is 3.25. The molecule has 3 heterocycles. The van der Waals surface area contributed by atoms with Gasteiger partial charge in [-0.2, -0.15) is 0 Å². The molecule has 1 saturated heterocycles. The zero-order valence-electron chi connectivity index (χ0n) is 10.0. The lowest BCUT2D eigenvalue weighted by Gasteiger charge is -2.08. The Hall–Kier alpha value is -1.31. The number of aromatic amines is 1. The molecule has 0 unspecified atom stereocenters. The van der Waals surface area contributed by atoms with Crippen LogP contribution >= 0.6 is 15.9 Å². The Morgan fingerprint density at radius 1 is 1.33 bits per heavy atom. The molecule has 1 aliphatic heterocycles. The number of nitrogens with one attached hydrogen (secondary N) is 1. The van der Waals surface area contributed by atoms with Crippen LogP contribution in [0.4, 0.5) is 0 Å². The van der Waals surface area contributed by atoms with Crippen molar-refractivity contribution in [2.24, 2.45) is 0 Å². The first-order chi connectivity index (χ1) is 8.84. The molecule has 18 heavy (non-hydrogen) atoms. The molecule has 0 spiro atoms. The van der Waals surface area contributed by atoms with Crippen LogP contribution in [0.25, 0.3) is 10.9 Å². The van der Waals surface area contributed by atoms with E-state index in [4.69, 9.17) is 0 Å². The van der Waals surface area contributed by atoms with E-state index in [0.29, 0.717) is 0 Å². The van der Waals surface area contributed by atoms with Crippen LogP contribution in [-0.4, -0.2) is 34.5 Å². The molecule has 0 aliphatic carbocycles. The van der Waals surface area contributed by atoms with E-state index in [2.05, 4.69) is 42.6 Å². The van der Waals surface area contributed by atoms with Crippen LogP contribution in [0.5, 0.6) is 0 Å². The minimum absolute atomic E-state index is 0.870. The van der Waals surface area contributed by atoms with Gasteiger partial charge in [0.1, 0.15) is 0 Å². The third-order valence-electron chi connectivity index (χ3n) is 3.27. The summed E-state index contributed by atoms with van der Waals surface area (Å²) in [5.41, 5.74) is 2.06. The van der Waals surface area contributed by atoms with Crippen molar-refractivity contribution in [2.45, 2.75) is 12.8 Å². The summed E-state index contributed by atoms with van der Waals surface area (Å²) >= 11 is 3.52. The average molecular weight is 304 g/mol. The fourth-order valence-electron chi connectivity index (χ4n) is 2.33. The lowest BCUT2D eigenvalue weighted by Crippen LogP contribution is -2.18. The van der Waals surface area contributed by atoms with Gasteiger partial charge >= 0.3 is 0 Å². The van der Waals surface area contributed by atoms with Gasteiger partial charge in [0, 0.05) is 22.3 Å². The van der Waals surface area contributed by atoms with Crippen LogP contribution in [0.2, 0.25) is 0 Å². The van der Waals surface area contributed by atoms with E-state index in [-0.39, 0.29) is 0 Å². The van der Waals surface area contributed by atoms with Crippen molar-refractivity contribution in [3.05, 3.63) is 28.6 Å². The highest BCUT2D eigenvalue weighted by atomic mass is 79.9. The number of H-pyrrole nitrogens is 1. The van der Waals surface area contributed by atoms with Gasteiger partial charge in [-0.1, -0.05) is 11.8 Å². The molecule has 0 radical (unpaired) electrons. The molecule has 2 aromatic heterocycles. The van der Waals surface area contributed by atoms with Crippen molar-refractivity contribution >= 4 is 26.8 Å². The maximum absolute atomic E-state index is 4.13. The Bertz CT molecular complexity index is 615. The first-order valence-electron chi connectivity index (χ1n) is 6.16. The van der Waals surface area contributed by atoms with Crippen LogP contribution in [-0.2, 0) is 0 Å². The number of hydrogen-bond donors (Lipinski definition) is 1. The van der Waals surface area contributed by atoms with Gasteiger partial charge in [-0.05, 0) is 41.9 Å². The largest absolute Gasteiger partial charge is 0.359 e. The second kappa shape index (κ2) is 5.13. The van der Waals surface area contributed by atoms with E-state index in [0.717, 1.165) is 27.5 Å². The van der Waals surface area contributed by atoms with Gasteiger partial charge in [0.15, 0.2) is 0 Å². The Morgan fingerprint density at radius 2 is 2.17 bits per heavy atom. The normalized spacial score (nSPS) is 15.8. The average Bonchev–Trinajstić information content (AvgIpc) is 3.00. The summed E-state index contributed by atoms with van der Waals surface area (Å²) in [6, 6.07) is 0. The highest BCUT2D eigenvalue weighted by molar-refractivity contribution is 9.10. The number of aromatic nitrogens is 2. The second-order valence-corrected chi connectivity index (χ2v) is 5.39. The lowest BCUT2D eigenvalue weighted by atomic mass is 10.2. The minimum atomic E-state index is 0.870. The highest BCUT2D eigenvalue weighted by Gasteiger charge is 2.09. The second-order valence-electron chi connectivity index (χ2n) is 4.53. The highest BCUT2D eigenvalue weighted by Crippen LogP contribution is 2.25. The monoisotopic (exact) mass is 303 g/mol. The predicted octanol–water partition coefficient (Wildman–Crippen LogP) is 2.77. The molecule has 92 valence electrons. The molecular weight excluding hydrogens is 290 g/mol. The standard InChI is InChI=1S/C14H14BrN3/c15-12-9-16-10-13-14(12)11(8-17-13)4-3-7-18-5-1-2-6-18/h8-10,17H,1-2,5-7H2. The molecule has 0 amide bonds. The Kier molecular flexibility index (Phi) is 3.35. The van der Waals surface area contributed by atoms with Crippen molar-refractivity contribution in [1.29, 1.82) is 0 Å². The van der Waals surface area contributed by atoms with Crippen LogP contribution in [0.3, 0.4) is 0 Å². The van der Waals surface area contributed by atoms with Crippen LogP contribution in [0, 0.1) is 11.8 Å². The first kappa shape index (κ1) is 11.8. The first-order valence-corrected chi connectivity index (χ1v) is 6.96. The Balaban J connectivity index is 1.84. The van der Waals surface area contributed by atoms with Gasteiger partial charge < -0.3 is 4.98 Å². The third kappa shape index (κ3) is 2.29. The van der Waals surface area contributed by atoms with Gasteiger partial charge in [-0.15, -0.1) is 0 Å². The Morgan fingerprint density at radius 3 is 3.00 bits per heavy atom. The molecule has 4 heteroatoms. The van der Waals surface area contributed by atoms with E-state index >= 15 is 0 Å². The summed E-state index contributed by atoms with van der Waals surface area (Å²) in [4.78, 5) is 9.73. The number of fused-ring (bicyclic) bond motifs is 1. The molecule has 0 atom stereocenters. The fourth-order valence-corrected chi connectivity index (χ4v) is 2.87. The summed E-state index contributed by atoms with van der Waals surface area (Å²) in [6.07, 6.45) is 8.21. The smallest absolute Gasteiger partial charge is 0.0664 e. The molecule has 1 aliphatic rings. The summed E-state index contributed by atoms with van der Waals surface area (Å²) in [5, 5.41) is 1.12. The molecular formula is C14H14BrN3. The van der Waals surface area contributed by atoms with Gasteiger partial charge in [0.25, 0.3) is 0 Å². The van der Waals surface area contributed by atoms with Crippen LogP contribution in [0.1, 0.15) is 18.4 Å². The van der Waals surface area contributed by atoms with Gasteiger partial charge in [-0.3, -0.25) is 9.88 Å². The summed E-state index contributed by atoms with van der Waals surface area (Å²) in [5.74, 6) is 6.52. The fraction of sp³-hybridized carbons (Fsp3) is 0.357. The minimum Gasteiger partial charge on any atom is -0.359 e. The molecule has 3 rings (SSSR count). The van der Waals surface area contributed by atoms with Gasteiger partial charge in [0.2, 0.25) is 0 Å². The van der Waals surface area contributed by atoms with Crippen molar-refractivity contribution in [1.82, 2.24) is 14.9 Å². The number of rotatable bonds is 1. The molecule has 1 fully saturated rings. The number of halogens is 1. The van der Waals surface area contributed by atoms with Crippen LogP contribution in [0.15, 0.2) is 23.1 Å². The third-order valence-corrected chi connectivity index (χ3v) is 3.87. The maximum atomic E-state index is 4.13. The van der Waals surface area contributed by atoms with Crippen molar-refractivity contribution in [3.63, 3.8) is 0 Å². The zero-order valence-corrected chi connectivity index (χ0v) is 11.6. The maximum Gasteiger partial charge on any atom is 0.0664 e. The van der Waals surface area contributed by atoms with Crippen molar-refractivity contribution < 1.29 is 0 Å². The number of nitrogens with zero attached hydrogens (tertiary/aromatic N) is 2. The Labute approximate surface area is 115 Å². The SMILES string of the molecule is Brc1cncc2[nH]cc(C#CCN3CCCC3)c12. The molecule has 1 N–H and O–H groups in total. The molecule has 3 nitrogen and oxygen atoms in total. The quantitative estimate of drug-likeness (QED) is 0.822. The molecule has 0 saturated carbocycles. The van der Waals surface area contributed by atoms with Gasteiger partial charge in [-0.25, -0.2) is 0 Å². The topological polar surface area (TPSA) is 31.9 Å². The summed E-state index contributed by atoms with van der Waals surface area (Å²) in [7, 11) is 0. The van der Waals surface area contributed by atoms with E-state index in [9.17, 15) is 0 Å². The van der Waals surface area contributed by atoms with E-state index < -0.39 is 0 Å². The lowest BCUT2D eigenvalue weighted by molar-refractivity contribution is 0.383. The molecule has 0 bridgehead atoms. The van der Waals surface area contributed by atoms with E-state index in [1.54, 1.807) is 0 Å². The number of hydrogen-bond acceptors (Lipinski definition) is 2. The van der Waals surface area contributed by atoms with E-state index in [1.807, 2.05) is 18.6 Å². The van der Waals surface area contributed by atoms with E-state index in [1.165, 1.54) is 25.9 Å². The molecule has 0 aromatic carbocycles. The number of likely N-dealkylation sites (tertiary alicyclic amines) is 1. The molecule has 2 aromatic rings. The van der Waals surface area contributed by atoms with Gasteiger partial charge in [0.05, 0.1) is 23.8 Å². The predicted molar refractivity (Wildman–Crippen MR) is 76.3 cm³/mol. The van der Waals surface area contributed by atoms with Crippen LogP contribution < -0.4 is 0 Å². The van der Waals surface area contributed by atoms with Crippen molar-refractivity contribution in [2.75, 3.05) is 19.6 Å². The van der Waals surface area contributed by atoms with Crippen molar-refractivity contribution in [3.8, 4) is 11.8 Å². The zero-order chi connectivity index (χ0) is 12.4. The summed E-state index contributed by atoms with van der Waals surface area (Å²) < 4.78 is 0.992. The number of pyridine rings is 1.